The quantitative estimate of drug-likeness (QED) is 0.102. The first-order valence-corrected chi connectivity index (χ1v) is 15.1. The van der Waals surface area contributed by atoms with Gasteiger partial charge in [0.1, 0.15) is 0 Å². The number of methoxy groups -OCH3 is 1. The van der Waals surface area contributed by atoms with Crippen molar-refractivity contribution in [3.8, 4) is 0 Å². The van der Waals surface area contributed by atoms with E-state index in [9.17, 15) is 29.3 Å². The zero-order chi connectivity index (χ0) is 35.5. The molecule has 12 heteroatoms. The summed E-state index contributed by atoms with van der Waals surface area (Å²) < 4.78 is 4.69. The third-order valence-corrected chi connectivity index (χ3v) is 7.50. The van der Waals surface area contributed by atoms with Gasteiger partial charge in [-0.1, -0.05) is 29.8 Å². The number of nitrogens with zero attached hydrogens (tertiary/aromatic N) is 3. The van der Waals surface area contributed by atoms with Crippen molar-refractivity contribution in [2.24, 2.45) is 0 Å². The molecule has 0 atom stereocenters. The minimum Gasteiger partial charge on any atom is -0.465 e. The molecule has 3 amide bonds. The van der Waals surface area contributed by atoms with E-state index >= 15 is 0 Å². The van der Waals surface area contributed by atoms with E-state index in [2.05, 4.69) is 10.1 Å². The van der Waals surface area contributed by atoms with Crippen molar-refractivity contribution in [3.63, 3.8) is 0 Å². The lowest BCUT2D eigenvalue weighted by Crippen LogP contribution is -2.26. The van der Waals surface area contributed by atoms with Gasteiger partial charge in [0, 0.05) is 65.0 Å². The predicted molar refractivity (Wildman–Crippen MR) is 189 cm³/mol. The number of rotatable bonds is 8. The van der Waals surface area contributed by atoms with Gasteiger partial charge in [-0.25, -0.2) is 4.79 Å². The molecule has 0 aliphatic carbocycles. The normalized spacial score (nSPS) is 10.1. The molecule has 0 saturated carbocycles. The first-order valence-electron chi connectivity index (χ1n) is 14.7. The molecule has 0 spiro atoms. The van der Waals surface area contributed by atoms with Gasteiger partial charge in [-0.3, -0.25) is 24.5 Å². The molecular weight excluding hydrogens is 648 g/mol. The number of anilines is 3. The molecular formula is C37H31ClN4O7. The Balaban J connectivity index is 0.000000686. The van der Waals surface area contributed by atoms with Gasteiger partial charge < -0.3 is 19.9 Å². The maximum absolute atomic E-state index is 12.9. The van der Waals surface area contributed by atoms with Crippen LogP contribution in [0.1, 0.15) is 41.4 Å². The molecule has 1 N–H and O–H groups in total. The van der Waals surface area contributed by atoms with E-state index in [1.807, 2.05) is 30.3 Å². The zero-order valence-electron chi connectivity index (χ0n) is 26.7. The molecule has 0 aliphatic heterocycles. The van der Waals surface area contributed by atoms with Crippen molar-refractivity contribution in [2.45, 2.75) is 0 Å². The Morgan fingerprint density at radius 3 is 1.47 bits per heavy atom. The van der Waals surface area contributed by atoms with Gasteiger partial charge in [-0.2, -0.15) is 0 Å². The van der Waals surface area contributed by atoms with Crippen molar-refractivity contribution >= 4 is 58.0 Å². The number of carbonyl (C=O) groups excluding carboxylic acids is 4. The topological polar surface area (TPSA) is 139 Å². The van der Waals surface area contributed by atoms with Gasteiger partial charge in [0.15, 0.2) is 0 Å². The van der Waals surface area contributed by atoms with Gasteiger partial charge in [0.05, 0.1) is 17.6 Å². The largest absolute Gasteiger partial charge is 0.465 e. The second-order valence-corrected chi connectivity index (χ2v) is 10.9. The summed E-state index contributed by atoms with van der Waals surface area (Å²) in [6.45, 7) is 0. The van der Waals surface area contributed by atoms with Crippen molar-refractivity contribution in [1.29, 1.82) is 0 Å². The Morgan fingerprint density at radius 2 is 1.06 bits per heavy atom. The molecule has 0 saturated heterocycles. The highest BCUT2D eigenvalue weighted by Gasteiger charge is 2.17. The summed E-state index contributed by atoms with van der Waals surface area (Å²) in [5, 5.41) is 14.4. The predicted octanol–water partition coefficient (Wildman–Crippen LogP) is 7.53. The Hall–Kier alpha value is -6.33. The van der Waals surface area contributed by atoms with E-state index in [0.29, 0.717) is 33.8 Å². The van der Waals surface area contributed by atoms with E-state index in [-0.39, 0.29) is 29.0 Å². The lowest BCUT2D eigenvalue weighted by molar-refractivity contribution is -0.384. The Labute approximate surface area is 287 Å². The molecule has 0 bridgehead atoms. The average molecular weight is 679 g/mol. The van der Waals surface area contributed by atoms with E-state index < -0.39 is 10.9 Å². The third-order valence-electron chi connectivity index (χ3n) is 7.25. The van der Waals surface area contributed by atoms with Crippen molar-refractivity contribution < 1.29 is 28.8 Å². The fourth-order valence-electron chi connectivity index (χ4n) is 4.44. The summed E-state index contributed by atoms with van der Waals surface area (Å²) in [4.78, 5) is 63.2. The maximum Gasteiger partial charge on any atom is 0.337 e. The third kappa shape index (κ3) is 9.37. The van der Waals surface area contributed by atoms with Crippen LogP contribution in [0, 0.1) is 10.1 Å². The van der Waals surface area contributed by atoms with Gasteiger partial charge in [-0.05, 0) is 97.1 Å². The second kappa shape index (κ2) is 16.5. The number of carbonyl (C=O) groups is 4. The number of nitrogens with one attached hydrogen (secondary N) is 1. The van der Waals surface area contributed by atoms with E-state index in [4.69, 9.17) is 11.6 Å². The van der Waals surface area contributed by atoms with Crippen molar-refractivity contribution in [3.05, 3.63) is 165 Å². The number of benzene rings is 5. The molecule has 5 aromatic rings. The van der Waals surface area contributed by atoms with Crippen LogP contribution < -0.4 is 15.1 Å². The summed E-state index contributed by atoms with van der Waals surface area (Å²) in [7, 11) is 4.48. The average Bonchev–Trinajstić information content (AvgIpc) is 3.14. The summed E-state index contributed by atoms with van der Waals surface area (Å²) in [6, 6.07) is 34.0. The number of non-ortho nitro benzene ring substituents is 1. The summed E-state index contributed by atoms with van der Waals surface area (Å²) in [5.41, 5.74) is 2.91. The molecule has 0 heterocycles. The Morgan fingerprint density at radius 1 is 0.633 bits per heavy atom. The first-order chi connectivity index (χ1) is 23.5. The number of halogens is 1. The van der Waals surface area contributed by atoms with Crippen LogP contribution in [0.25, 0.3) is 0 Å². The van der Waals surface area contributed by atoms with E-state index in [1.54, 1.807) is 86.9 Å². The van der Waals surface area contributed by atoms with Crippen molar-refractivity contribution in [2.75, 3.05) is 36.3 Å². The van der Waals surface area contributed by atoms with E-state index in [1.165, 1.54) is 41.2 Å². The number of amides is 3. The molecule has 5 aromatic carbocycles. The maximum atomic E-state index is 12.9. The Bertz CT molecular complexity index is 1930. The highest BCUT2D eigenvalue weighted by Crippen LogP contribution is 2.21. The van der Waals surface area contributed by atoms with Crippen LogP contribution >= 0.6 is 11.6 Å². The van der Waals surface area contributed by atoms with Gasteiger partial charge in [0.25, 0.3) is 23.4 Å². The first kappa shape index (κ1) is 35.5. The molecule has 0 radical (unpaired) electrons. The molecule has 248 valence electrons. The van der Waals surface area contributed by atoms with Crippen LogP contribution in [-0.4, -0.2) is 49.8 Å². The lowest BCUT2D eigenvalue weighted by atomic mass is 10.1. The highest BCUT2D eigenvalue weighted by molar-refractivity contribution is 6.30. The number of nitro benzene ring substituents is 1. The molecule has 0 unspecified atom stereocenters. The highest BCUT2D eigenvalue weighted by atomic mass is 35.5. The SMILES string of the molecule is COC(=O)c1ccc(N(C)C(=O)c2ccc(NC(=O)c3ccc(N(C)C(=O)c4ccc([N+](=O)[O-])cc4)cc3)cc2)cc1.Clc1ccccc1. The smallest absolute Gasteiger partial charge is 0.337 e. The molecule has 49 heavy (non-hydrogen) atoms. The monoisotopic (exact) mass is 678 g/mol. The van der Waals surface area contributed by atoms with E-state index in [0.717, 1.165) is 5.02 Å². The van der Waals surface area contributed by atoms with Crippen LogP contribution in [0.15, 0.2) is 127 Å². The Kier molecular flexibility index (Phi) is 11.9. The van der Waals surface area contributed by atoms with Gasteiger partial charge >= 0.3 is 5.97 Å². The standard InChI is InChI=1S/C31H26N4O7.C6H5Cl/c1-33(30(38)22-8-18-27(19-9-22)35(40)41)25-14-6-20(7-15-25)28(36)32-24-12-4-21(5-13-24)29(37)34(2)26-16-10-23(11-17-26)31(39)42-3;7-6-4-2-1-3-5-6/h4-19H,1-3H3,(H,32,36);1-5H. The molecule has 0 aromatic heterocycles. The summed E-state index contributed by atoms with van der Waals surface area (Å²) in [5.74, 6) is -1.48. The van der Waals surface area contributed by atoms with Crippen LogP contribution in [0.5, 0.6) is 0 Å². The minimum absolute atomic E-state index is 0.109. The fraction of sp³-hybridized carbons (Fsp3) is 0.0811. The number of nitro groups is 1. The summed E-state index contributed by atoms with van der Waals surface area (Å²) in [6.07, 6.45) is 0. The van der Waals surface area contributed by atoms with Crippen LogP contribution in [0.3, 0.4) is 0 Å². The fourth-order valence-corrected chi connectivity index (χ4v) is 4.58. The lowest BCUT2D eigenvalue weighted by Gasteiger charge is -2.18. The van der Waals surface area contributed by atoms with Crippen LogP contribution in [0.4, 0.5) is 22.7 Å². The van der Waals surface area contributed by atoms with Gasteiger partial charge in [0.2, 0.25) is 0 Å². The van der Waals surface area contributed by atoms with Crippen molar-refractivity contribution in [1.82, 2.24) is 0 Å². The van der Waals surface area contributed by atoms with Gasteiger partial charge in [-0.15, -0.1) is 0 Å². The molecule has 5 rings (SSSR count). The number of ether oxygens (including phenoxy) is 1. The second-order valence-electron chi connectivity index (χ2n) is 10.4. The number of esters is 1. The summed E-state index contributed by atoms with van der Waals surface area (Å²) >= 11 is 5.54. The number of hydrogen-bond acceptors (Lipinski definition) is 7. The minimum atomic E-state index is -0.537. The van der Waals surface area contributed by atoms with Crippen LogP contribution in [0.2, 0.25) is 5.02 Å². The number of hydrogen-bond donors (Lipinski definition) is 1. The molecule has 11 nitrogen and oxygen atoms in total. The van der Waals surface area contributed by atoms with Crippen LogP contribution in [-0.2, 0) is 4.74 Å². The molecule has 0 aliphatic rings. The molecule has 0 fully saturated rings. The zero-order valence-corrected chi connectivity index (χ0v) is 27.5.